The van der Waals surface area contributed by atoms with Gasteiger partial charge in [-0.1, -0.05) is 30.3 Å². The Morgan fingerprint density at radius 1 is 0.892 bits per heavy atom. The van der Waals surface area contributed by atoms with E-state index in [9.17, 15) is 8.42 Å². The summed E-state index contributed by atoms with van der Waals surface area (Å²) < 4.78 is 47.6. The van der Waals surface area contributed by atoms with Crippen molar-refractivity contribution in [2.45, 2.75) is 30.9 Å². The molecule has 0 aliphatic carbocycles. The summed E-state index contributed by atoms with van der Waals surface area (Å²) in [4.78, 5) is 5.08. The van der Waals surface area contributed by atoms with Crippen molar-refractivity contribution in [3.63, 3.8) is 0 Å². The maximum atomic E-state index is 13.3. The minimum atomic E-state index is -3.60. The van der Waals surface area contributed by atoms with Gasteiger partial charge in [0.1, 0.15) is 31.4 Å². The third-order valence-electron chi connectivity index (χ3n) is 7.01. The van der Waals surface area contributed by atoms with Gasteiger partial charge >= 0.3 is 0 Å². The fraction of sp³-hybridized carbons (Fsp3) is 0.321. The molecule has 0 N–H and O–H groups in total. The van der Waals surface area contributed by atoms with Crippen LogP contribution in [0.2, 0.25) is 0 Å². The smallest absolute Gasteiger partial charge is 0.243 e. The monoisotopic (exact) mass is 519 g/mol. The quantitative estimate of drug-likeness (QED) is 0.358. The Labute approximate surface area is 216 Å². The van der Waals surface area contributed by atoms with Gasteiger partial charge in [-0.2, -0.15) is 4.31 Å². The molecule has 9 heteroatoms. The number of aromatic nitrogens is 2. The van der Waals surface area contributed by atoms with Crippen LogP contribution in [0.3, 0.4) is 0 Å². The van der Waals surface area contributed by atoms with E-state index < -0.39 is 10.0 Å². The van der Waals surface area contributed by atoms with Gasteiger partial charge in [-0.25, -0.2) is 13.4 Å². The minimum Gasteiger partial charge on any atom is -0.486 e. The molecular weight excluding hydrogens is 490 g/mol. The normalized spacial score (nSPS) is 16.6. The third kappa shape index (κ3) is 4.89. The highest BCUT2D eigenvalue weighted by atomic mass is 32.2. The number of para-hydroxylation sites is 3. The molecule has 3 aromatic carbocycles. The van der Waals surface area contributed by atoms with Gasteiger partial charge in [0.2, 0.25) is 10.0 Å². The SMILES string of the molecule is O=S(=O)(c1ccc2c(c1)OCCO2)N1CCC(Cn2c(COc3ccccc3)nc3ccccc32)CC1. The Bertz CT molecular complexity index is 1500. The molecule has 37 heavy (non-hydrogen) atoms. The summed E-state index contributed by atoms with van der Waals surface area (Å²) in [5, 5.41) is 0. The van der Waals surface area contributed by atoms with Crippen LogP contribution in [0.1, 0.15) is 18.7 Å². The van der Waals surface area contributed by atoms with Crippen LogP contribution in [0, 0.1) is 5.92 Å². The van der Waals surface area contributed by atoms with Gasteiger partial charge in [0.15, 0.2) is 11.5 Å². The maximum absolute atomic E-state index is 13.3. The number of sulfonamides is 1. The van der Waals surface area contributed by atoms with E-state index in [4.69, 9.17) is 19.2 Å². The van der Waals surface area contributed by atoms with Crippen LogP contribution in [0.15, 0.2) is 77.7 Å². The van der Waals surface area contributed by atoms with E-state index in [1.807, 2.05) is 48.5 Å². The predicted molar refractivity (Wildman–Crippen MR) is 139 cm³/mol. The van der Waals surface area contributed by atoms with E-state index in [1.54, 1.807) is 22.5 Å². The lowest BCUT2D eigenvalue weighted by Crippen LogP contribution is -2.39. The van der Waals surface area contributed by atoms with Gasteiger partial charge in [0.25, 0.3) is 0 Å². The van der Waals surface area contributed by atoms with Crippen LogP contribution in [0.5, 0.6) is 17.2 Å². The lowest BCUT2D eigenvalue weighted by atomic mass is 9.98. The molecule has 2 aliphatic rings. The molecule has 1 fully saturated rings. The first-order valence-electron chi connectivity index (χ1n) is 12.6. The van der Waals surface area contributed by atoms with Crippen LogP contribution in [0.4, 0.5) is 0 Å². The first kappa shape index (κ1) is 23.8. The van der Waals surface area contributed by atoms with Crippen LogP contribution >= 0.6 is 0 Å². The molecule has 4 aromatic rings. The zero-order chi connectivity index (χ0) is 25.2. The van der Waals surface area contributed by atoms with Crippen LogP contribution in [0.25, 0.3) is 11.0 Å². The molecular formula is C28H29N3O5S. The number of benzene rings is 3. The molecule has 0 amide bonds. The number of hydrogen-bond acceptors (Lipinski definition) is 6. The van der Waals surface area contributed by atoms with Gasteiger partial charge in [0.05, 0.1) is 15.9 Å². The van der Waals surface area contributed by atoms with Gasteiger partial charge in [0, 0.05) is 25.7 Å². The number of rotatable bonds is 7. The number of hydrogen-bond donors (Lipinski definition) is 0. The van der Waals surface area contributed by atoms with Crippen molar-refractivity contribution in [2.75, 3.05) is 26.3 Å². The summed E-state index contributed by atoms with van der Waals surface area (Å²) in [7, 11) is -3.60. The molecule has 0 radical (unpaired) electrons. The van der Waals surface area contributed by atoms with Crippen molar-refractivity contribution in [1.29, 1.82) is 0 Å². The molecule has 1 aromatic heterocycles. The molecule has 6 rings (SSSR count). The standard InChI is InChI=1S/C28H29N3O5S/c32-37(33,23-10-11-26-27(18-23)35-17-16-34-26)30-14-12-21(13-15-30)19-31-25-9-5-4-8-24(25)29-28(31)20-36-22-6-2-1-3-7-22/h1-11,18,21H,12-17,19-20H2. The molecule has 0 atom stereocenters. The van der Waals surface area contributed by atoms with Crippen molar-refractivity contribution in [3.05, 3.63) is 78.6 Å². The van der Waals surface area contributed by atoms with Crippen molar-refractivity contribution in [3.8, 4) is 17.2 Å². The minimum absolute atomic E-state index is 0.246. The number of ether oxygens (including phenoxy) is 3. The van der Waals surface area contributed by atoms with Crippen molar-refractivity contribution < 1.29 is 22.6 Å². The summed E-state index contributed by atoms with van der Waals surface area (Å²) >= 11 is 0. The van der Waals surface area contributed by atoms with E-state index in [0.717, 1.165) is 42.0 Å². The number of fused-ring (bicyclic) bond motifs is 2. The molecule has 0 saturated carbocycles. The molecule has 1 saturated heterocycles. The highest BCUT2D eigenvalue weighted by Crippen LogP contribution is 2.34. The molecule has 8 nitrogen and oxygen atoms in total. The lowest BCUT2D eigenvalue weighted by molar-refractivity contribution is 0.171. The highest BCUT2D eigenvalue weighted by molar-refractivity contribution is 7.89. The lowest BCUT2D eigenvalue weighted by Gasteiger charge is -2.32. The first-order valence-corrected chi connectivity index (χ1v) is 14.0. The van der Waals surface area contributed by atoms with Crippen LogP contribution in [-0.2, 0) is 23.2 Å². The second-order valence-electron chi connectivity index (χ2n) is 9.38. The average molecular weight is 520 g/mol. The molecule has 2 aliphatic heterocycles. The zero-order valence-electron chi connectivity index (χ0n) is 20.5. The zero-order valence-corrected chi connectivity index (χ0v) is 21.3. The highest BCUT2D eigenvalue weighted by Gasteiger charge is 2.31. The topological polar surface area (TPSA) is 82.9 Å². The third-order valence-corrected chi connectivity index (χ3v) is 8.91. The summed E-state index contributed by atoms with van der Waals surface area (Å²) in [6.07, 6.45) is 1.55. The Morgan fingerprint density at radius 3 is 2.43 bits per heavy atom. The Hall–Kier alpha value is -3.56. The van der Waals surface area contributed by atoms with E-state index >= 15 is 0 Å². The molecule has 3 heterocycles. The van der Waals surface area contributed by atoms with Crippen molar-refractivity contribution in [1.82, 2.24) is 13.9 Å². The van der Waals surface area contributed by atoms with Crippen molar-refractivity contribution >= 4 is 21.1 Å². The molecule has 0 spiro atoms. The Kier molecular flexibility index (Phi) is 6.48. The van der Waals surface area contributed by atoms with Gasteiger partial charge in [-0.3, -0.25) is 0 Å². The predicted octanol–water partition coefficient (Wildman–Crippen LogP) is 4.49. The number of imidazole rings is 1. The fourth-order valence-corrected chi connectivity index (χ4v) is 6.51. The molecule has 192 valence electrons. The summed E-state index contributed by atoms with van der Waals surface area (Å²) in [6.45, 7) is 2.98. The second-order valence-corrected chi connectivity index (χ2v) is 11.3. The summed E-state index contributed by atoms with van der Waals surface area (Å²) in [6, 6.07) is 22.7. The van der Waals surface area contributed by atoms with Crippen LogP contribution in [-0.4, -0.2) is 48.6 Å². The van der Waals surface area contributed by atoms with E-state index in [-0.39, 0.29) is 4.90 Å². The Balaban J connectivity index is 1.15. The van der Waals surface area contributed by atoms with Crippen molar-refractivity contribution in [2.24, 2.45) is 5.92 Å². The van der Waals surface area contributed by atoms with E-state index in [0.29, 0.717) is 50.3 Å². The maximum Gasteiger partial charge on any atom is 0.243 e. The molecule has 0 bridgehead atoms. The number of piperidine rings is 1. The first-order chi connectivity index (χ1) is 18.1. The number of nitrogens with zero attached hydrogens (tertiary/aromatic N) is 3. The largest absolute Gasteiger partial charge is 0.486 e. The summed E-state index contributed by atoms with van der Waals surface area (Å²) in [5.74, 6) is 3.08. The molecule has 0 unspecified atom stereocenters. The van der Waals surface area contributed by atoms with Crippen LogP contribution < -0.4 is 14.2 Å². The second kappa shape index (κ2) is 10.1. The van der Waals surface area contributed by atoms with Gasteiger partial charge in [-0.15, -0.1) is 0 Å². The van der Waals surface area contributed by atoms with Gasteiger partial charge in [-0.05, 0) is 55.2 Å². The van der Waals surface area contributed by atoms with Gasteiger partial charge < -0.3 is 18.8 Å². The van der Waals surface area contributed by atoms with E-state index in [2.05, 4.69) is 10.6 Å². The average Bonchev–Trinajstić information content (AvgIpc) is 3.29. The fourth-order valence-electron chi connectivity index (χ4n) is 5.03. The van der Waals surface area contributed by atoms with E-state index in [1.165, 1.54) is 0 Å². The Morgan fingerprint density at radius 2 is 1.62 bits per heavy atom. The summed E-state index contributed by atoms with van der Waals surface area (Å²) in [5.41, 5.74) is 2.01.